The predicted octanol–water partition coefficient (Wildman–Crippen LogP) is 1.24. The molecule has 0 aromatic rings. The largest absolute Gasteiger partial charge is 0.481 e. The topological polar surface area (TPSA) is 142 Å². The zero-order valence-corrected chi connectivity index (χ0v) is 15.6. The number of nitrogens with two attached hydrogens (primary N) is 1. The van der Waals surface area contributed by atoms with Crippen molar-refractivity contribution in [3.05, 3.63) is 0 Å². The van der Waals surface area contributed by atoms with Crippen LogP contribution in [0.5, 0.6) is 0 Å². The predicted molar refractivity (Wildman–Crippen MR) is 96.7 cm³/mol. The first-order valence-electron chi connectivity index (χ1n) is 8.59. The Hall–Kier alpha value is -1.48. The number of thioether (sulfide) groups is 1. The third kappa shape index (κ3) is 7.96. The highest BCUT2D eigenvalue weighted by Crippen LogP contribution is 2.33. The Morgan fingerprint density at radius 1 is 1.28 bits per heavy atom. The Morgan fingerprint density at radius 3 is 2.48 bits per heavy atom. The quantitative estimate of drug-likeness (QED) is 0.317. The van der Waals surface area contributed by atoms with Crippen LogP contribution in [0.15, 0.2) is 0 Å². The number of fused-ring (bicyclic) bond motifs is 1. The summed E-state index contributed by atoms with van der Waals surface area (Å²) in [6, 6.07) is -0.250. The summed E-state index contributed by atoms with van der Waals surface area (Å²) in [4.78, 5) is 31.6. The molecule has 25 heavy (non-hydrogen) atoms. The average Bonchev–Trinajstić information content (AvgIpc) is 3.03. The molecule has 0 radical (unpaired) electrons. The van der Waals surface area contributed by atoms with Gasteiger partial charge in [0.2, 0.25) is 0 Å². The molecule has 9 heteroatoms. The van der Waals surface area contributed by atoms with Crippen LogP contribution in [0.3, 0.4) is 0 Å². The van der Waals surface area contributed by atoms with Crippen LogP contribution in [0, 0.1) is 5.92 Å². The van der Waals surface area contributed by atoms with E-state index in [2.05, 4.69) is 10.6 Å². The first-order chi connectivity index (χ1) is 11.7. The van der Waals surface area contributed by atoms with Gasteiger partial charge in [-0.2, -0.15) is 11.8 Å². The summed E-state index contributed by atoms with van der Waals surface area (Å²) in [5.41, 5.74) is 5.22. The van der Waals surface area contributed by atoms with Gasteiger partial charge in [-0.3, -0.25) is 9.59 Å². The number of amides is 2. The molecule has 8 nitrogen and oxygen atoms in total. The Morgan fingerprint density at radius 2 is 1.96 bits per heavy atom. The van der Waals surface area contributed by atoms with Crippen molar-refractivity contribution in [2.75, 3.05) is 5.75 Å². The summed E-state index contributed by atoms with van der Waals surface area (Å²) >= 11 is 1.87. The normalized spacial score (nSPS) is 25.4. The fourth-order valence-corrected chi connectivity index (χ4v) is 4.42. The van der Waals surface area contributed by atoms with Crippen LogP contribution < -0.4 is 16.4 Å². The molecular weight excluding hydrogens is 346 g/mol. The summed E-state index contributed by atoms with van der Waals surface area (Å²) < 4.78 is 0. The van der Waals surface area contributed by atoms with Crippen LogP contribution in [0.2, 0.25) is 0 Å². The SMILES string of the molecule is CC(C)CC(N)C(=O)O.O=C(O)CCCC[C@H]1SC[C@H]2NC(=O)N[C@H]21. The van der Waals surface area contributed by atoms with Crippen molar-refractivity contribution in [1.29, 1.82) is 0 Å². The van der Waals surface area contributed by atoms with Gasteiger partial charge in [0.1, 0.15) is 6.04 Å². The molecule has 1 unspecified atom stereocenters. The zero-order valence-electron chi connectivity index (χ0n) is 14.7. The second kappa shape index (κ2) is 10.5. The maximum Gasteiger partial charge on any atom is 0.320 e. The molecule has 0 aromatic carbocycles. The third-order valence-electron chi connectivity index (χ3n) is 4.11. The number of hydrogen-bond acceptors (Lipinski definition) is 5. The van der Waals surface area contributed by atoms with Crippen LogP contribution in [-0.4, -0.2) is 57.3 Å². The third-order valence-corrected chi connectivity index (χ3v) is 5.62. The molecule has 2 aliphatic rings. The number of unbranched alkanes of at least 4 members (excludes halogenated alkanes) is 1. The molecule has 2 aliphatic heterocycles. The highest BCUT2D eigenvalue weighted by atomic mass is 32.2. The lowest BCUT2D eigenvalue weighted by atomic mass is 10.0. The number of urea groups is 1. The van der Waals surface area contributed by atoms with E-state index in [0.717, 1.165) is 25.0 Å². The number of hydrogen-bond donors (Lipinski definition) is 5. The molecular formula is C16H29N3O5S. The molecule has 0 aromatic heterocycles. The minimum atomic E-state index is -0.913. The molecule has 0 aliphatic carbocycles. The van der Waals surface area contributed by atoms with E-state index in [1.54, 1.807) is 0 Å². The monoisotopic (exact) mass is 375 g/mol. The Labute approximate surface area is 152 Å². The van der Waals surface area contributed by atoms with E-state index in [-0.39, 0.29) is 24.5 Å². The van der Waals surface area contributed by atoms with Gasteiger partial charge in [-0.1, -0.05) is 20.3 Å². The summed E-state index contributed by atoms with van der Waals surface area (Å²) in [5.74, 6) is -0.319. The van der Waals surface area contributed by atoms with Crippen LogP contribution in [0.4, 0.5) is 4.79 Å². The summed E-state index contributed by atoms with van der Waals surface area (Å²) in [6.07, 6.45) is 3.43. The van der Waals surface area contributed by atoms with Crippen molar-refractivity contribution < 1.29 is 24.6 Å². The lowest BCUT2D eigenvalue weighted by Crippen LogP contribution is -2.36. The average molecular weight is 375 g/mol. The zero-order chi connectivity index (χ0) is 19.0. The molecule has 2 rings (SSSR count). The number of carbonyl (C=O) groups is 3. The summed E-state index contributed by atoms with van der Waals surface area (Å²) in [6.45, 7) is 3.89. The van der Waals surface area contributed by atoms with Crippen molar-refractivity contribution in [3.63, 3.8) is 0 Å². The minimum Gasteiger partial charge on any atom is -0.481 e. The maximum atomic E-state index is 11.1. The number of carboxylic acid groups (broad SMARTS) is 2. The Kier molecular flexibility index (Phi) is 9.05. The van der Waals surface area contributed by atoms with Gasteiger partial charge in [0.05, 0.1) is 12.1 Å². The minimum absolute atomic E-state index is 0.0640. The van der Waals surface area contributed by atoms with E-state index in [1.165, 1.54) is 0 Å². The maximum absolute atomic E-state index is 11.1. The van der Waals surface area contributed by atoms with E-state index in [0.29, 0.717) is 17.6 Å². The molecule has 2 fully saturated rings. The van der Waals surface area contributed by atoms with Gasteiger partial charge >= 0.3 is 18.0 Å². The number of rotatable bonds is 8. The number of carbonyl (C=O) groups excluding carboxylic acids is 1. The van der Waals surface area contributed by atoms with E-state index in [1.807, 2.05) is 25.6 Å². The molecule has 0 bridgehead atoms. The lowest BCUT2D eigenvalue weighted by molar-refractivity contribution is -0.139. The lowest BCUT2D eigenvalue weighted by Gasteiger charge is -2.16. The van der Waals surface area contributed by atoms with Crippen molar-refractivity contribution >= 4 is 29.7 Å². The highest BCUT2D eigenvalue weighted by molar-refractivity contribution is 8.00. The van der Waals surface area contributed by atoms with Gasteiger partial charge < -0.3 is 26.6 Å². The van der Waals surface area contributed by atoms with Crippen LogP contribution in [0.1, 0.15) is 46.0 Å². The molecule has 6 N–H and O–H groups in total. The van der Waals surface area contributed by atoms with Crippen LogP contribution in [0.25, 0.3) is 0 Å². The van der Waals surface area contributed by atoms with Crippen molar-refractivity contribution in [2.45, 2.75) is 69.3 Å². The molecule has 0 spiro atoms. The highest BCUT2D eigenvalue weighted by Gasteiger charge is 2.42. The van der Waals surface area contributed by atoms with Gasteiger partial charge in [0.25, 0.3) is 0 Å². The fourth-order valence-electron chi connectivity index (χ4n) is 2.87. The molecule has 2 saturated heterocycles. The Balaban J connectivity index is 0.000000299. The summed E-state index contributed by atoms with van der Waals surface area (Å²) in [7, 11) is 0. The second-order valence-corrected chi connectivity index (χ2v) is 8.11. The van der Waals surface area contributed by atoms with Crippen molar-refractivity contribution in [3.8, 4) is 0 Å². The van der Waals surface area contributed by atoms with Crippen LogP contribution >= 0.6 is 11.8 Å². The molecule has 144 valence electrons. The molecule has 2 heterocycles. The van der Waals surface area contributed by atoms with Crippen molar-refractivity contribution in [1.82, 2.24) is 10.6 Å². The van der Waals surface area contributed by atoms with Gasteiger partial charge in [-0.15, -0.1) is 0 Å². The standard InChI is InChI=1S/C10H16N2O3S.C6H13NO2/c13-8(14)4-2-1-3-7-9-6(5-16-7)11-10(15)12-9;1-4(2)3-5(7)6(8)9/h6-7,9H,1-5H2,(H,13,14)(H2,11,12,15);4-5H,3,7H2,1-2H3,(H,8,9)/t6-,7-,9-;/m1./s1. The van der Waals surface area contributed by atoms with Gasteiger partial charge in [0, 0.05) is 17.4 Å². The fraction of sp³-hybridized carbons (Fsp3) is 0.812. The molecule has 0 saturated carbocycles. The van der Waals surface area contributed by atoms with Gasteiger partial charge in [0.15, 0.2) is 0 Å². The van der Waals surface area contributed by atoms with E-state index >= 15 is 0 Å². The van der Waals surface area contributed by atoms with Crippen molar-refractivity contribution in [2.24, 2.45) is 11.7 Å². The summed E-state index contributed by atoms with van der Waals surface area (Å²) in [5, 5.41) is 23.1. The number of aliphatic carboxylic acids is 2. The second-order valence-electron chi connectivity index (χ2n) is 6.84. The number of carboxylic acids is 2. The smallest absolute Gasteiger partial charge is 0.320 e. The molecule has 2 amide bonds. The Bertz CT molecular complexity index is 475. The van der Waals surface area contributed by atoms with Gasteiger partial charge in [-0.25, -0.2) is 4.79 Å². The first-order valence-corrected chi connectivity index (χ1v) is 9.64. The van der Waals surface area contributed by atoms with E-state index < -0.39 is 18.0 Å². The number of nitrogens with one attached hydrogen (secondary N) is 2. The first kappa shape index (κ1) is 21.6. The molecule has 4 atom stereocenters. The van der Waals surface area contributed by atoms with E-state index in [9.17, 15) is 14.4 Å². The van der Waals surface area contributed by atoms with Crippen LogP contribution in [-0.2, 0) is 9.59 Å². The van der Waals surface area contributed by atoms with E-state index in [4.69, 9.17) is 15.9 Å². The van der Waals surface area contributed by atoms with Gasteiger partial charge in [-0.05, 0) is 25.2 Å².